The van der Waals surface area contributed by atoms with Crippen LogP contribution in [0.25, 0.3) is 5.69 Å². The van der Waals surface area contributed by atoms with E-state index in [1.807, 2.05) is 0 Å². The number of carbonyl (C=O) groups is 2. The molecule has 0 aliphatic carbocycles. The Morgan fingerprint density at radius 1 is 1.30 bits per heavy atom. The summed E-state index contributed by atoms with van der Waals surface area (Å²) < 4.78 is 30.1. The van der Waals surface area contributed by atoms with Crippen molar-refractivity contribution in [1.82, 2.24) is 20.3 Å². The molecule has 0 saturated carbocycles. The average molecular weight is 382 g/mol. The van der Waals surface area contributed by atoms with E-state index >= 15 is 0 Å². The lowest BCUT2D eigenvalue weighted by Gasteiger charge is -2.25. The number of amides is 1. The molecule has 0 unspecified atom stereocenters. The minimum atomic E-state index is -2.91. The van der Waals surface area contributed by atoms with Crippen molar-refractivity contribution in [3.63, 3.8) is 0 Å². The van der Waals surface area contributed by atoms with Crippen LogP contribution in [0.3, 0.4) is 0 Å². The summed E-state index contributed by atoms with van der Waals surface area (Å²) in [5.74, 6) is -1.42. The summed E-state index contributed by atoms with van der Waals surface area (Å²) in [6.45, 7) is 2.16. The predicted molar refractivity (Wildman–Crippen MR) is 91.1 cm³/mol. The van der Waals surface area contributed by atoms with Crippen molar-refractivity contribution >= 4 is 11.9 Å². The molecular weight excluding hydrogens is 362 g/mol. The topological polar surface area (TPSA) is 106 Å². The van der Waals surface area contributed by atoms with Gasteiger partial charge in [0.15, 0.2) is 5.69 Å². The second-order valence-electron chi connectivity index (χ2n) is 6.54. The summed E-state index contributed by atoms with van der Waals surface area (Å²) in [4.78, 5) is 23.2. The number of nitrogens with one attached hydrogen (secondary N) is 1. The number of aliphatic carboxylic acids is 1. The van der Waals surface area contributed by atoms with E-state index in [1.54, 1.807) is 20.8 Å². The van der Waals surface area contributed by atoms with E-state index in [-0.39, 0.29) is 24.3 Å². The van der Waals surface area contributed by atoms with Crippen LogP contribution in [0.1, 0.15) is 42.9 Å². The van der Waals surface area contributed by atoms with E-state index < -0.39 is 24.0 Å². The molecule has 1 aromatic heterocycles. The monoisotopic (exact) mass is 382 g/mol. The average Bonchev–Trinajstić information content (AvgIpc) is 2.95. The first kappa shape index (κ1) is 20.3. The van der Waals surface area contributed by atoms with Crippen molar-refractivity contribution in [1.29, 1.82) is 0 Å². The molecule has 0 aliphatic rings. The molecule has 0 bridgehead atoms. The van der Waals surface area contributed by atoms with Gasteiger partial charge in [0, 0.05) is 12.0 Å². The highest BCUT2D eigenvalue weighted by Crippen LogP contribution is 2.19. The fourth-order valence-electron chi connectivity index (χ4n) is 2.40. The smallest absolute Gasteiger partial charge is 0.387 e. The summed E-state index contributed by atoms with van der Waals surface area (Å²) in [7, 11) is 0. The zero-order chi connectivity index (χ0) is 20.2. The van der Waals surface area contributed by atoms with Gasteiger partial charge >= 0.3 is 12.6 Å². The number of hydrogen-bond acceptors (Lipinski definition) is 5. The molecule has 8 nitrogen and oxygen atoms in total. The molecule has 0 atom stereocenters. The van der Waals surface area contributed by atoms with Crippen LogP contribution in [0, 0.1) is 6.92 Å². The van der Waals surface area contributed by atoms with Crippen LogP contribution in [0.5, 0.6) is 5.75 Å². The molecule has 2 rings (SSSR count). The van der Waals surface area contributed by atoms with Crippen LogP contribution in [-0.2, 0) is 4.79 Å². The minimum Gasteiger partial charge on any atom is -0.481 e. The number of carboxylic acid groups (broad SMARTS) is 1. The third kappa shape index (κ3) is 5.47. The van der Waals surface area contributed by atoms with Gasteiger partial charge in [-0.2, -0.15) is 8.78 Å². The first-order valence-electron chi connectivity index (χ1n) is 8.11. The largest absolute Gasteiger partial charge is 0.481 e. The molecule has 0 saturated heterocycles. The van der Waals surface area contributed by atoms with Gasteiger partial charge in [0.25, 0.3) is 5.91 Å². The lowest BCUT2D eigenvalue weighted by Crippen LogP contribution is -2.44. The number of ether oxygens (including phenoxy) is 1. The highest BCUT2D eigenvalue weighted by molar-refractivity contribution is 5.93. The lowest BCUT2D eigenvalue weighted by molar-refractivity contribution is -0.137. The van der Waals surface area contributed by atoms with E-state index in [4.69, 9.17) is 5.11 Å². The normalized spacial score (nSPS) is 11.5. The third-order valence-electron chi connectivity index (χ3n) is 3.83. The van der Waals surface area contributed by atoms with Crippen LogP contribution in [-0.4, -0.2) is 44.1 Å². The molecule has 0 radical (unpaired) electrons. The van der Waals surface area contributed by atoms with Gasteiger partial charge in [-0.1, -0.05) is 5.21 Å². The SMILES string of the molecule is Cc1c(C(=O)NC(C)(C)CCC(=O)O)nnn1-c1ccc(OC(F)F)cc1. The Bertz CT molecular complexity index is 819. The first-order valence-corrected chi connectivity index (χ1v) is 8.11. The number of nitrogens with zero attached hydrogens (tertiary/aromatic N) is 3. The fraction of sp³-hybridized carbons (Fsp3) is 0.412. The van der Waals surface area contributed by atoms with Gasteiger partial charge in [-0.05, 0) is 51.5 Å². The maximum absolute atomic E-state index is 12.5. The molecule has 0 aliphatic heterocycles. The number of alkyl halides is 2. The van der Waals surface area contributed by atoms with E-state index in [0.717, 1.165) is 0 Å². The molecule has 0 spiro atoms. The van der Waals surface area contributed by atoms with E-state index in [9.17, 15) is 18.4 Å². The first-order chi connectivity index (χ1) is 12.6. The fourth-order valence-corrected chi connectivity index (χ4v) is 2.40. The lowest BCUT2D eigenvalue weighted by atomic mass is 9.98. The van der Waals surface area contributed by atoms with Crippen LogP contribution in [0.2, 0.25) is 0 Å². The summed E-state index contributed by atoms with van der Waals surface area (Å²) in [6.07, 6.45) is 0.179. The number of hydrogen-bond donors (Lipinski definition) is 2. The number of halogens is 2. The quantitative estimate of drug-likeness (QED) is 0.727. The van der Waals surface area contributed by atoms with Crippen molar-refractivity contribution in [2.45, 2.75) is 45.8 Å². The zero-order valence-corrected chi connectivity index (χ0v) is 15.1. The zero-order valence-electron chi connectivity index (χ0n) is 15.1. The van der Waals surface area contributed by atoms with Gasteiger partial charge in [-0.25, -0.2) is 4.68 Å². The molecule has 1 aromatic carbocycles. The number of carbonyl (C=O) groups excluding carboxylic acids is 1. The Morgan fingerprint density at radius 3 is 2.48 bits per heavy atom. The van der Waals surface area contributed by atoms with Gasteiger partial charge in [-0.3, -0.25) is 9.59 Å². The standard InChI is InChI=1S/C17H20F2N4O4/c1-10-14(15(26)20-17(2,3)9-8-13(24)25)21-22-23(10)11-4-6-12(7-5-11)27-16(18)19/h4-7,16H,8-9H2,1-3H3,(H,20,26)(H,24,25). The van der Waals surface area contributed by atoms with Crippen molar-refractivity contribution in [2.24, 2.45) is 0 Å². The van der Waals surface area contributed by atoms with Gasteiger partial charge in [0.05, 0.1) is 11.4 Å². The predicted octanol–water partition coefficient (Wildman–Crippen LogP) is 2.55. The maximum Gasteiger partial charge on any atom is 0.387 e. The van der Waals surface area contributed by atoms with E-state index in [2.05, 4.69) is 20.4 Å². The number of carboxylic acids is 1. The van der Waals surface area contributed by atoms with Crippen LogP contribution >= 0.6 is 0 Å². The maximum atomic E-state index is 12.5. The third-order valence-corrected chi connectivity index (χ3v) is 3.83. The molecule has 146 valence electrons. The van der Waals surface area contributed by atoms with Crippen molar-refractivity contribution in [2.75, 3.05) is 0 Å². The number of benzene rings is 1. The van der Waals surface area contributed by atoms with Crippen LogP contribution in [0.4, 0.5) is 8.78 Å². The van der Waals surface area contributed by atoms with Crippen molar-refractivity contribution < 1.29 is 28.2 Å². The molecule has 2 N–H and O–H groups in total. The Morgan fingerprint density at radius 2 is 1.93 bits per heavy atom. The molecule has 0 fully saturated rings. The van der Waals surface area contributed by atoms with Crippen molar-refractivity contribution in [3.8, 4) is 11.4 Å². The summed E-state index contributed by atoms with van der Waals surface area (Å²) in [5.41, 5.74) is 0.320. The molecule has 10 heteroatoms. The van der Waals surface area contributed by atoms with Crippen LogP contribution in [0.15, 0.2) is 24.3 Å². The summed E-state index contributed by atoms with van der Waals surface area (Å²) >= 11 is 0. The number of aromatic nitrogens is 3. The Balaban J connectivity index is 2.14. The van der Waals surface area contributed by atoms with E-state index in [0.29, 0.717) is 11.4 Å². The second kappa shape index (κ2) is 8.11. The highest BCUT2D eigenvalue weighted by atomic mass is 19.3. The van der Waals surface area contributed by atoms with Gasteiger partial charge in [-0.15, -0.1) is 5.10 Å². The van der Waals surface area contributed by atoms with Gasteiger partial charge < -0.3 is 15.2 Å². The minimum absolute atomic E-state index is 0.00432. The summed E-state index contributed by atoms with van der Waals surface area (Å²) in [5, 5.41) is 19.3. The summed E-state index contributed by atoms with van der Waals surface area (Å²) in [6, 6.07) is 5.74. The van der Waals surface area contributed by atoms with Gasteiger partial charge in [0.1, 0.15) is 5.75 Å². The highest BCUT2D eigenvalue weighted by Gasteiger charge is 2.25. The van der Waals surface area contributed by atoms with Crippen LogP contribution < -0.4 is 10.1 Å². The van der Waals surface area contributed by atoms with Crippen molar-refractivity contribution in [3.05, 3.63) is 35.7 Å². The Kier molecular flexibility index (Phi) is 6.09. The second-order valence-corrected chi connectivity index (χ2v) is 6.54. The molecule has 27 heavy (non-hydrogen) atoms. The van der Waals surface area contributed by atoms with E-state index in [1.165, 1.54) is 28.9 Å². The Labute approximate surface area is 154 Å². The molecular formula is C17H20F2N4O4. The molecule has 2 aromatic rings. The van der Waals surface area contributed by atoms with Gasteiger partial charge in [0.2, 0.25) is 0 Å². The number of rotatable bonds is 8. The molecule has 1 amide bonds. The molecule has 1 heterocycles. The Hall–Kier alpha value is -3.04.